The third-order valence-electron chi connectivity index (χ3n) is 3.31. The van der Waals surface area contributed by atoms with Crippen LogP contribution >= 0.6 is 0 Å². The van der Waals surface area contributed by atoms with Gasteiger partial charge < -0.3 is 11.1 Å². The molecule has 1 aromatic rings. The van der Waals surface area contributed by atoms with Crippen molar-refractivity contribution >= 4 is 0 Å². The highest BCUT2D eigenvalue weighted by Crippen LogP contribution is 2.22. The Bertz CT molecular complexity index is 345. The lowest BCUT2D eigenvalue weighted by molar-refractivity contribution is 0.301. The van der Waals surface area contributed by atoms with Crippen LogP contribution in [0.2, 0.25) is 0 Å². The number of aromatic nitrogens is 3. The minimum absolute atomic E-state index is 0.350. The Morgan fingerprint density at radius 2 is 2.16 bits per heavy atom. The van der Waals surface area contributed by atoms with E-state index in [1.807, 2.05) is 6.20 Å². The van der Waals surface area contributed by atoms with Crippen LogP contribution in [0.4, 0.5) is 0 Å². The van der Waals surface area contributed by atoms with Crippen molar-refractivity contribution in [3.8, 4) is 0 Å². The summed E-state index contributed by atoms with van der Waals surface area (Å²) in [6.07, 6.45) is 7.17. The van der Waals surface area contributed by atoms with E-state index in [0.29, 0.717) is 12.0 Å². The van der Waals surface area contributed by atoms with E-state index >= 15 is 0 Å². The van der Waals surface area contributed by atoms with Gasteiger partial charge in [-0.25, -0.2) is 0 Å². The van der Waals surface area contributed by atoms with Crippen molar-refractivity contribution in [1.29, 1.82) is 0 Å². The van der Waals surface area contributed by atoms with Crippen molar-refractivity contribution in [2.75, 3.05) is 13.1 Å². The van der Waals surface area contributed by atoms with Crippen molar-refractivity contribution in [2.45, 2.75) is 59.5 Å². The molecule has 1 heterocycles. The fraction of sp³-hybridized carbons (Fsp3) is 0.857. The van der Waals surface area contributed by atoms with Crippen LogP contribution in [0.15, 0.2) is 6.20 Å². The summed E-state index contributed by atoms with van der Waals surface area (Å²) in [6.45, 7) is 10.0. The molecule has 0 aliphatic carbocycles. The van der Waals surface area contributed by atoms with E-state index < -0.39 is 0 Å². The molecule has 0 radical (unpaired) electrons. The van der Waals surface area contributed by atoms with Gasteiger partial charge in [0.2, 0.25) is 0 Å². The van der Waals surface area contributed by atoms with Crippen molar-refractivity contribution in [1.82, 2.24) is 20.3 Å². The Hall–Kier alpha value is -0.940. The maximum absolute atomic E-state index is 5.48. The Balaban J connectivity index is 2.24. The second-order valence-corrected chi connectivity index (χ2v) is 5.99. The van der Waals surface area contributed by atoms with E-state index in [1.54, 1.807) is 4.68 Å². The van der Waals surface area contributed by atoms with Gasteiger partial charge in [-0.3, -0.25) is 4.68 Å². The molecule has 110 valence electrons. The monoisotopic (exact) mass is 267 g/mol. The van der Waals surface area contributed by atoms with Crippen molar-refractivity contribution < 1.29 is 0 Å². The summed E-state index contributed by atoms with van der Waals surface area (Å²) in [4.78, 5) is 0. The molecule has 1 rings (SSSR count). The minimum Gasteiger partial charge on any atom is -0.329 e. The second kappa shape index (κ2) is 8.27. The van der Waals surface area contributed by atoms with Gasteiger partial charge in [0.1, 0.15) is 0 Å². The molecular weight excluding hydrogens is 238 g/mol. The molecule has 0 atom stereocenters. The standard InChI is InChI=1S/C14H29N5/c1-4-5-6-7-14(2,3)12-16-10-13-11-19(9-8-15)18-17-13/h11,16H,4-10,12,15H2,1-3H3. The van der Waals surface area contributed by atoms with Gasteiger partial charge in [0, 0.05) is 25.8 Å². The Kier molecular flexibility index (Phi) is 7.02. The third kappa shape index (κ3) is 6.68. The van der Waals surface area contributed by atoms with Gasteiger partial charge in [-0.1, -0.05) is 45.2 Å². The summed E-state index contributed by atoms with van der Waals surface area (Å²) in [7, 11) is 0. The Labute approximate surface area is 116 Å². The fourth-order valence-electron chi connectivity index (χ4n) is 2.13. The van der Waals surface area contributed by atoms with E-state index in [0.717, 1.165) is 25.3 Å². The van der Waals surface area contributed by atoms with Gasteiger partial charge >= 0.3 is 0 Å². The maximum atomic E-state index is 5.48. The van der Waals surface area contributed by atoms with Crippen LogP contribution in [-0.2, 0) is 13.1 Å². The van der Waals surface area contributed by atoms with E-state index in [4.69, 9.17) is 5.73 Å². The summed E-state index contributed by atoms with van der Waals surface area (Å²) >= 11 is 0. The largest absolute Gasteiger partial charge is 0.329 e. The molecule has 5 heteroatoms. The van der Waals surface area contributed by atoms with Crippen LogP contribution in [0, 0.1) is 5.41 Å². The topological polar surface area (TPSA) is 68.8 Å². The molecule has 0 saturated heterocycles. The number of nitrogens with one attached hydrogen (secondary N) is 1. The van der Waals surface area contributed by atoms with E-state index in [2.05, 4.69) is 36.4 Å². The zero-order valence-electron chi connectivity index (χ0n) is 12.7. The summed E-state index contributed by atoms with van der Waals surface area (Å²) in [5, 5.41) is 11.6. The van der Waals surface area contributed by atoms with Crippen LogP contribution in [-0.4, -0.2) is 28.1 Å². The summed E-state index contributed by atoms with van der Waals surface area (Å²) in [5.74, 6) is 0. The number of hydrogen-bond donors (Lipinski definition) is 2. The highest BCUT2D eigenvalue weighted by molar-refractivity contribution is 4.91. The molecule has 0 aromatic carbocycles. The zero-order chi connectivity index (χ0) is 14.1. The van der Waals surface area contributed by atoms with Gasteiger partial charge in [-0.15, -0.1) is 5.10 Å². The second-order valence-electron chi connectivity index (χ2n) is 5.99. The quantitative estimate of drug-likeness (QED) is 0.636. The number of hydrogen-bond acceptors (Lipinski definition) is 4. The lowest BCUT2D eigenvalue weighted by Crippen LogP contribution is -2.29. The molecule has 19 heavy (non-hydrogen) atoms. The molecule has 1 aromatic heterocycles. The van der Waals surface area contributed by atoms with Gasteiger partial charge in [-0.05, 0) is 11.8 Å². The highest BCUT2D eigenvalue weighted by Gasteiger charge is 2.16. The van der Waals surface area contributed by atoms with Crippen molar-refractivity contribution in [3.05, 3.63) is 11.9 Å². The molecule has 5 nitrogen and oxygen atoms in total. The molecule has 0 unspecified atom stereocenters. The molecule has 0 fully saturated rings. The number of unbranched alkanes of at least 4 members (excludes halogenated alkanes) is 2. The van der Waals surface area contributed by atoms with Crippen molar-refractivity contribution in [3.63, 3.8) is 0 Å². The predicted molar refractivity (Wildman–Crippen MR) is 78.7 cm³/mol. The number of nitrogens with two attached hydrogens (primary N) is 1. The zero-order valence-corrected chi connectivity index (χ0v) is 12.7. The molecular formula is C14H29N5. The van der Waals surface area contributed by atoms with Gasteiger partial charge in [0.15, 0.2) is 0 Å². The molecule has 0 aliphatic heterocycles. The lowest BCUT2D eigenvalue weighted by atomic mass is 9.87. The van der Waals surface area contributed by atoms with Crippen LogP contribution < -0.4 is 11.1 Å². The molecule has 0 spiro atoms. The van der Waals surface area contributed by atoms with Gasteiger partial charge in [-0.2, -0.15) is 0 Å². The molecule has 0 bridgehead atoms. The molecule has 3 N–H and O–H groups in total. The van der Waals surface area contributed by atoms with E-state index in [9.17, 15) is 0 Å². The first-order chi connectivity index (χ1) is 9.07. The Morgan fingerprint density at radius 3 is 2.84 bits per heavy atom. The first-order valence-corrected chi connectivity index (χ1v) is 7.37. The predicted octanol–water partition coefficient (Wildman–Crippen LogP) is 1.93. The van der Waals surface area contributed by atoms with Gasteiger partial charge in [0.25, 0.3) is 0 Å². The van der Waals surface area contributed by atoms with E-state index in [1.165, 1.54) is 25.7 Å². The highest BCUT2D eigenvalue weighted by atomic mass is 15.4. The number of rotatable bonds is 10. The van der Waals surface area contributed by atoms with Crippen LogP contribution in [0.5, 0.6) is 0 Å². The summed E-state index contributed by atoms with van der Waals surface area (Å²) in [5.41, 5.74) is 6.81. The molecule has 0 saturated carbocycles. The van der Waals surface area contributed by atoms with E-state index in [-0.39, 0.29) is 0 Å². The first kappa shape index (κ1) is 16.1. The van der Waals surface area contributed by atoms with Crippen LogP contribution in [0.3, 0.4) is 0 Å². The first-order valence-electron chi connectivity index (χ1n) is 7.37. The van der Waals surface area contributed by atoms with Crippen LogP contribution in [0.25, 0.3) is 0 Å². The normalized spacial score (nSPS) is 12.0. The van der Waals surface area contributed by atoms with Gasteiger partial charge in [0.05, 0.1) is 12.2 Å². The fourth-order valence-corrected chi connectivity index (χ4v) is 2.13. The van der Waals surface area contributed by atoms with Crippen LogP contribution in [0.1, 0.15) is 52.1 Å². The average Bonchev–Trinajstić information content (AvgIpc) is 2.77. The molecule has 0 amide bonds. The maximum Gasteiger partial charge on any atom is 0.0964 e. The molecule has 0 aliphatic rings. The average molecular weight is 267 g/mol. The minimum atomic E-state index is 0.350. The summed E-state index contributed by atoms with van der Waals surface area (Å²) in [6, 6.07) is 0. The third-order valence-corrected chi connectivity index (χ3v) is 3.31. The Morgan fingerprint density at radius 1 is 1.37 bits per heavy atom. The number of nitrogens with zero attached hydrogens (tertiary/aromatic N) is 3. The van der Waals surface area contributed by atoms with Crippen molar-refractivity contribution in [2.24, 2.45) is 11.1 Å². The lowest BCUT2D eigenvalue weighted by Gasteiger charge is -2.24. The SMILES string of the molecule is CCCCCC(C)(C)CNCc1cn(CCN)nn1. The smallest absolute Gasteiger partial charge is 0.0964 e. The summed E-state index contributed by atoms with van der Waals surface area (Å²) < 4.78 is 1.80.